The fraction of sp³-hybridized carbons (Fsp3) is 0.345. The normalized spacial score (nSPS) is 21.7. The topological polar surface area (TPSA) is 116 Å². The molecule has 2 heterocycles. The molecule has 9 rings (SSSR count). The van der Waals surface area contributed by atoms with Gasteiger partial charge in [-0.15, -0.1) is 0 Å². The van der Waals surface area contributed by atoms with E-state index < -0.39 is 11.5 Å². The van der Waals surface area contributed by atoms with E-state index in [0.717, 1.165) is 83.8 Å². The molecule has 9 nitrogen and oxygen atoms in total. The van der Waals surface area contributed by atoms with Gasteiger partial charge in [-0.3, -0.25) is 4.98 Å². The molecule has 2 N–H and O–H groups in total. The first-order chi connectivity index (χ1) is 31.6. The summed E-state index contributed by atoms with van der Waals surface area (Å²) in [7, 11) is 1.66. The number of carboxylic acids is 1. The highest BCUT2D eigenvalue weighted by Gasteiger charge is 2.54. The minimum absolute atomic E-state index is 0.186. The van der Waals surface area contributed by atoms with Crippen LogP contribution in [0.2, 0.25) is 5.02 Å². The fourth-order valence-corrected chi connectivity index (χ4v) is 10.9. The van der Waals surface area contributed by atoms with Gasteiger partial charge in [0.1, 0.15) is 29.4 Å². The van der Waals surface area contributed by atoms with Crippen molar-refractivity contribution in [2.45, 2.75) is 95.1 Å². The maximum atomic E-state index is 13.2. The number of para-hydroxylation sites is 1. The van der Waals surface area contributed by atoms with E-state index in [-0.39, 0.29) is 11.3 Å². The summed E-state index contributed by atoms with van der Waals surface area (Å²) in [6, 6.07) is 34.0. The summed E-state index contributed by atoms with van der Waals surface area (Å²) in [6.07, 6.45) is 15.3. The molecule has 1 fully saturated rings. The summed E-state index contributed by atoms with van der Waals surface area (Å²) in [4.78, 5) is 27.1. The second-order valence-electron chi connectivity index (χ2n) is 18.4. The Kier molecular flexibility index (Phi) is 12.9. The summed E-state index contributed by atoms with van der Waals surface area (Å²) in [5.74, 6) is 3.33. The van der Waals surface area contributed by atoms with Crippen LogP contribution < -0.4 is 19.5 Å². The van der Waals surface area contributed by atoms with Crippen molar-refractivity contribution in [3.8, 4) is 28.5 Å². The maximum absolute atomic E-state index is 13.2. The summed E-state index contributed by atoms with van der Waals surface area (Å²) in [5.41, 5.74) is 8.33. The molecule has 65 heavy (non-hydrogen) atoms. The lowest BCUT2D eigenvalue weighted by atomic mass is 9.59. The Morgan fingerprint density at radius 3 is 2.57 bits per heavy atom. The van der Waals surface area contributed by atoms with Crippen molar-refractivity contribution in [2.75, 3.05) is 19.0 Å². The lowest BCUT2D eigenvalue weighted by molar-refractivity contribution is -0.144. The van der Waals surface area contributed by atoms with Crippen LogP contribution in [0.25, 0.3) is 23.4 Å². The number of halogens is 1. The zero-order valence-corrected chi connectivity index (χ0v) is 38.2. The molecule has 3 aliphatic carbocycles. The number of fused-ring (bicyclic) bond motifs is 3. The summed E-state index contributed by atoms with van der Waals surface area (Å²) < 4.78 is 18.7. The van der Waals surface area contributed by atoms with Gasteiger partial charge in [-0.25, -0.2) is 14.8 Å². The Balaban J connectivity index is 0.927. The zero-order valence-electron chi connectivity index (χ0n) is 37.4. The number of carboxylic acid groups (broad SMARTS) is 1. The number of rotatable bonds is 15. The third-order valence-electron chi connectivity index (χ3n) is 14.1. The summed E-state index contributed by atoms with van der Waals surface area (Å²) >= 11 is 6.35. The number of benzene rings is 4. The molecule has 1 unspecified atom stereocenters. The molecule has 0 amide bonds. The molecule has 6 aromatic rings. The van der Waals surface area contributed by atoms with Crippen molar-refractivity contribution in [2.24, 2.45) is 11.8 Å². The van der Waals surface area contributed by atoms with E-state index >= 15 is 0 Å². The third-order valence-corrected chi connectivity index (χ3v) is 14.3. The molecule has 3 atom stereocenters. The van der Waals surface area contributed by atoms with E-state index in [4.69, 9.17) is 35.8 Å². The number of nitrogens with one attached hydrogen (secondary N) is 1. The zero-order chi connectivity index (χ0) is 45.0. The molecule has 0 bridgehead atoms. The quantitative estimate of drug-likeness (QED) is 0.104. The molecular formula is C55H57ClN4O5. The van der Waals surface area contributed by atoms with Gasteiger partial charge in [-0.1, -0.05) is 80.1 Å². The Hall–Kier alpha value is -6.19. The Bertz CT molecular complexity index is 2690. The van der Waals surface area contributed by atoms with E-state index in [1.807, 2.05) is 97.2 Å². The number of aromatic nitrogens is 3. The number of hydrogen-bond donors (Lipinski definition) is 2. The van der Waals surface area contributed by atoms with Crippen LogP contribution in [-0.2, 0) is 29.7 Å². The van der Waals surface area contributed by atoms with E-state index in [0.29, 0.717) is 48.7 Å². The number of methoxy groups -OCH3 is 1. The van der Waals surface area contributed by atoms with Gasteiger partial charge in [0, 0.05) is 39.9 Å². The molecule has 0 radical (unpaired) electrons. The van der Waals surface area contributed by atoms with E-state index in [1.54, 1.807) is 19.4 Å². The molecule has 3 aliphatic rings. The molecule has 10 heteroatoms. The number of aliphatic carboxylic acids is 1. The average molecular weight is 890 g/mol. The van der Waals surface area contributed by atoms with Crippen LogP contribution >= 0.6 is 11.6 Å². The Labute approximate surface area is 387 Å². The van der Waals surface area contributed by atoms with Gasteiger partial charge in [-0.05, 0) is 164 Å². The van der Waals surface area contributed by atoms with E-state index in [9.17, 15) is 9.90 Å². The van der Waals surface area contributed by atoms with Gasteiger partial charge in [-0.2, -0.15) is 0 Å². The van der Waals surface area contributed by atoms with Gasteiger partial charge >= 0.3 is 5.97 Å². The fourth-order valence-electron chi connectivity index (χ4n) is 10.7. The van der Waals surface area contributed by atoms with Crippen molar-refractivity contribution in [1.82, 2.24) is 15.0 Å². The van der Waals surface area contributed by atoms with Crippen LogP contribution in [0.4, 0.5) is 5.69 Å². The monoisotopic (exact) mass is 888 g/mol. The summed E-state index contributed by atoms with van der Waals surface area (Å²) in [5, 5.41) is 14.8. The average Bonchev–Trinajstić information content (AvgIpc) is 3.61. The van der Waals surface area contributed by atoms with Crippen molar-refractivity contribution in [1.29, 1.82) is 0 Å². The van der Waals surface area contributed by atoms with Crippen LogP contribution in [0, 0.1) is 11.8 Å². The largest absolute Gasteiger partial charge is 0.496 e. The first-order valence-electron chi connectivity index (χ1n) is 23.0. The number of ether oxygens (including phenoxy) is 3. The molecule has 334 valence electrons. The van der Waals surface area contributed by atoms with Gasteiger partial charge < -0.3 is 24.6 Å². The first kappa shape index (κ1) is 44.0. The predicted octanol–water partition coefficient (Wildman–Crippen LogP) is 12.4. The van der Waals surface area contributed by atoms with Crippen molar-refractivity contribution in [3.05, 3.63) is 160 Å². The minimum Gasteiger partial charge on any atom is -0.496 e. The molecule has 2 aromatic heterocycles. The Morgan fingerprint density at radius 1 is 0.908 bits per heavy atom. The van der Waals surface area contributed by atoms with Crippen LogP contribution in [0.3, 0.4) is 0 Å². The van der Waals surface area contributed by atoms with Gasteiger partial charge in [0.25, 0.3) is 0 Å². The number of hydrogen-bond acceptors (Lipinski definition) is 8. The molecule has 1 spiro atoms. The van der Waals surface area contributed by atoms with Gasteiger partial charge in [0.05, 0.1) is 19.4 Å². The first-order valence-corrected chi connectivity index (χ1v) is 23.4. The lowest BCUT2D eigenvalue weighted by Gasteiger charge is -2.47. The van der Waals surface area contributed by atoms with Crippen LogP contribution in [0.5, 0.6) is 17.2 Å². The van der Waals surface area contributed by atoms with Crippen molar-refractivity contribution < 1.29 is 24.1 Å². The second kappa shape index (κ2) is 19.1. The molecule has 1 saturated carbocycles. The minimum atomic E-state index is -1.10. The maximum Gasteiger partial charge on any atom is 0.329 e. The Morgan fingerprint density at radius 2 is 1.74 bits per heavy atom. The lowest BCUT2D eigenvalue weighted by Crippen LogP contribution is -2.53. The standard InChI is InChI=1S/C55H57ClN4O5/c1-36(34-65-50-22-28-57-48-15-6-9-37(2)52(48)50)29-41-32-40-19-17-39(31-46(40)54(41)23-25-55(26-24-54,53(61)62)60-43-12-8-11-42(56)33-43)35-64-44-13-7-10-38(30-44)18-20-51-58-27-21-47(59-51)45-14-4-5-16-49(45)63-3/h4-5,7-8,10-14,16-22,27-28,30-31,33,36-37,41,60H,6,9,15,23-26,29,32,34-35H2,1-3H3,(H,61,62)/b20-18+/t36-,37-,41?,54?,55?/m1/s1. The number of anilines is 1. The highest BCUT2D eigenvalue weighted by Crippen LogP contribution is 2.56. The highest BCUT2D eigenvalue weighted by molar-refractivity contribution is 6.30. The molecular weight excluding hydrogens is 832 g/mol. The molecule has 0 aliphatic heterocycles. The van der Waals surface area contributed by atoms with Gasteiger partial charge in [0.2, 0.25) is 0 Å². The highest BCUT2D eigenvalue weighted by atomic mass is 35.5. The molecule has 4 aromatic carbocycles. The number of aryl methyl sites for hydroxylation is 1. The van der Waals surface area contributed by atoms with Crippen LogP contribution in [0.1, 0.15) is 104 Å². The van der Waals surface area contributed by atoms with Crippen molar-refractivity contribution >= 4 is 35.4 Å². The van der Waals surface area contributed by atoms with Crippen LogP contribution in [0.15, 0.2) is 116 Å². The molecule has 0 saturated heterocycles. The number of pyridine rings is 1. The number of nitrogens with zero attached hydrogens (tertiary/aromatic N) is 3. The SMILES string of the molecule is COc1ccccc1-c1ccnc(/C=C/c2cccc(OCc3ccc4c(c3)C3(CCC(Nc5cccc(Cl)c5)(C(=O)O)CC3)C(C[C@@H](C)COc3ccnc5c3[C@H](C)CCC5)C4)c2)n1. The van der Waals surface area contributed by atoms with E-state index in [2.05, 4.69) is 42.3 Å². The van der Waals surface area contributed by atoms with E-state index in [1.165, 1.54) is 28.8 Å². The predicted molar refractivity (Wildman–Crippen MR) is 258 cm³/mol. The number of carbonyl (C=O) groups is 1. The summed E-state index contributed by atoms with van der Waals surface area (Å²) in [6.45, 7) is 5.61. The van der Waals surface area contributed by atoms with Crippen LogP contribution in [-0.4, -0.2) is 45.3 Å². The van der Waals surface area contributed by atoms with Gasteiger partial charge in [0.15, 0.2) is 5.82 Å². The smallest absolute Gasteiger partial charge is 0.329 e. The second-order valence-corrected chi connectivity index (χ2v) is 18.8. The third kappa shape index (κ3) is 9.48. The van der Waals surface area contributed by atoms with Crippen molar-refractivity contribution in [3.63, 3.8) is 0 Å².